The summed E-state index contributed by atoms with van der Waals surface area (Å²) >= 11 is 0. The second kappa shape index (κ2) is 8.91. The second-order valence-corrected chi connectivity index (χ2v) is 5.92. The van der Waals surface area contributed by atoms with E-state index in [0.29, 0.717) is 13.1 Å². The molecule has 2 amide bonds. The number of aliphatic hydroxyl groups excluding tert-OH is 1. The summed E-state index contributed by atoms with van der Waals surface area (Å²) < 4.78 is 40.9. The second-order valence-electron chi connectivity index (χ2n) is 5.92. The van der Waals surface area contributed by atoms with Crippen molar-refractivity contribution in [3.63, 3.8) is 0 Å². The number of nitrogens with one attached hydrogen (secondary N) is 2. The van der Waals surface area contributed by atoms with E-state index in [2.05, 4.69) is 20.3 Å². The smallest absolute Gasteiger partial charge is 0.404 e. The third kappa shape index (κ3) is 6.79. The number of amides is 2. The van der Waals surface area contributed by atoms with E-state index >= 15 is 0 Å². The monoisotopic (exact) mass is 361 g/mol. The van der Waals surface area contributed by atoms with Gasteiger partial charge in [0, 0.05) is 26.2 Å². The lowest BCUT2D eigenvalue weighted by Gasteiger charge is -2.31. The maximum atomic E-state index is 12.4. The summed E-state index contributed by atoms with van der Waals surface area (Å²) in [5.41, 5.74) is -0.0596. The van der Waals surface area contributed by atoms with E-state index in [1.165, 1.54) is 18.2 Å². The summed E-state index contributed by atoms with van der Waals surface area (Å²) in [4.78, 5) is 14.0. The number of alkyl halides is 3. The van der Waals surface area contributed by atoms with Gasteiger partial charge in [-0.25, -0.2) is 4.79 Å². The summed E-state index contributed by atoms with van der Waals surface area (Å²) in [6, 6.07) is 4.75. The number of halogens is 3. The SMILES string of the molecule is O=C(NCCN1CCC[C@H](CO)C1)Nc1ccccc1OC(F)(F)F. The van der Waals surface area contributed by atoms with Crippen LogP contribution in [-0.4, -0.2) is 55.2 Å². The molecule has 0 aliphatic carbocycles. The predicted molar refractivity (Wildman–Crippen MR) is 86.4 cm³/mol. The Kier molecular flexibility index (Phi) is 6.89. The maximum absolute atomic E-state index is 12.4. The number of carbonyl (C=O) groups is 1. The Hall–Kier alpha value is -2.00. The molecule has 1 aliphatic heterocycles. The van der Waals surface area contributed by atoms with Crippen molar-refractivity contribution in [3.8, 4) is 5.75 Å². The van der Waals surface area contributed by atoms with Crippen LogP contribution in [0.1, 0.15) is 12.8 Å². The molecule has 1 heterocycles. The number of rotatable bonds is 6. The first-order valence-corrected chi connectivity index (χ1v) is 8.10. The first-order valence-electron chi connectivity index (χ1n) is 8.10. The van der Waals surface area contributed by atoms with Gasteiger partial charge < -0.3 is 25.4 Å². The number of para-hydroxylation sites is 2. The third-order valence-corrected chi connectivity index (χ3v) is 3.94. The van der Waals surface area contributed by atoms with Crippen LogP contribution in [0.15, 0.2) is 24.3 Å². The van der Waals surface area contributed by atoms with Gasteiger partial charge in [-0.15, -0.1) is 13.2 Å². The predicted octanol–water partition coefficient (Wildman–Crippen LogP) is 2.41. The van der Waals surface area contributed by atoms with Gasteiger partial charge in [0.25, 0.3) is 0 Å². The van der Waals surface area contributed by atoms with Crippen molar-refractivity contribution in [1.29, 1.82) is 0 Å². The van der Waals surface area contributed by atoms with Crippen LogP contribution in [0.4, 0.5) is 23.7 Å². The fraction of sp³-hybridized carbons (Fsp3) is 0.562. The number of hydrogen-bond donors (Lipinski definition) is 3. The Labute approximate surface area is 144 Å². The number of hydrogen-bond acceptors (Lipinski definition) is 4. The molecule has 1 saturated heterocycles. The molecular weight excluding hydrogens is 339 g/mol. The zero-order valence-corrected chi connectivity index (χ0v) is 13.7. The Balaban J connectivity index is 1.79. The van der Waals surface area contributed by atoms with Crippen LogP contribution >= 0.6 is 0 Å². The molecule has 0 bridgehead atoms. The van der Waals surface area contributed by atoms with Gasteiger partial charge in [0.1, 0.15) is 0 Å². The summed E-state index contributed by atoms with van der Waals surface area (Å²) in [6.07, 6.45) is -2.83. The first-order chi connectivity index (χ1) is 11.9. The normalized spacial score (nSPS) is 18.6. The van der Waals surface area contributed by atoms with E-state index in [1.54, 1.807) is 0 Å². The zero-order chi connectivity index (χ0) is 18.3. The molecular formula is C16H22F3N3O3. The van der Waals surface area contributed by atoms with Crippen LogP contribution in [0.2, 0.25) is 0 Å². The van der Waals surface area contributed by atoms with Gasteiger partial charge in [0.15, 0.2) is 5.75 Å². The molecule has 0 aromatic heterocycles. The van der Waals surface area contributed by atoms with E-state index in [1.807, 2.05) is 0 Å². The van der Waals surface area contributed by atoms with Crippen LogP contribution in [0.25, 0.3) is 0 Å². The van der Waals surface area contributed by atoms with Crippen molar-refractivity contribution in [1.82, 2.24) is 10.2 Å². The lowest BCUT2D eigenvalue weighted by Crippen LogP contribution is -2.42. The number of likely N-dealkylation sites (tertiary alicyclic amines) is 1. The van der Waals surface area contributed by atoms with Gasteiger partial charge in [-0.1, -0.05) is 12.1 Å². The molecule has 1 aromatic carbocycles. The minimum Gasteiger partial charge on any atom is -0.404 e. The van der Waals surface area contributed by atoms with Crippen molar-refractivity contribution in [2.45, 2.75) is 19.2 Å². The molecule has 1 aliphatic rings. The fourth-order valence-electron chi connectivity index (χ4n) is 2.78. The van der Waals surface area contributed by atoms with Crippen molar-refractivity contribution >= 4 is 11.7 Å². The van der Waals surface area contributed by atoms with Gasteiger partial charge in [0.05, 0.1) is 5.69 Å². The van der Waals surface area contributed by atoms with Gasteiger partial charge in [-0.05, 0) is 37.4 Å². The highest BCUT2D eigenvalue weighted by atomic mass is 19.4. The van der Waals surface area contributed by atoms with E-state index in [0.717, 1.165) is 32.0 Å². The topological polar surface area (TPSA) is 73.8 Å². The maximum Gasteiger partial charge on any atom is 0.573 e. The fourth-order valence-corrected chi connectivity index (χ4v) is 2.78. The van der Waals surface area contributed by atoms with Gasteiger partial charge in [-0.2, -0.15) is 0 Å². The largest absolute Gasteiger partial charge is 0.573 e. The van der Waals surface area contributed by atoms with Crippen molar-refractivity contribution < 1.29 is 27.8 Å². The molecule has 1 atom stereocenters. The van der Waals surface area contributed by atoms with Gasteiger partial charge in [0.2, 0.25) is 0 Å². The average molecular weight is 361 g/mol. The molecule has 9 heteroatoms. The van der Waals surface area contributed by atoms with Gasteiger partial charge >= 0.3 is 12.4 Å². The number of piperidine rings is 1. The summed E-state index contributed by atoms with van der Waals surface area (Å²) in [7, 11) is 0. The standard InChI is InChI=1S/C16H22F3N3O3/c17-16(18,19)25-14-6-2-1-5-13(14)21-15(24)20-7-9-22-8-3-4-12(10-22)11-23/h1-2,5-6,12,23H,3-4,7-11H2,(H2,20,21,24)/t12-/m0/s1. The van der Waals surface area contributed by atoms with E-state index < -0.39 is 18.1 Å². The molecule has 0 unspecified atom stereocenters. The van der Waals surface area contributed by atoms with E-state index in [-0.39, 0.29) is 18.2 Å². The van der Waals surface area contributed by atoms with Crippen LogP contribution in [-0.2, 0) is 0 Å². The Bertz CT molecular complexity index is 569. The van der Waals surface area contributed by atoms with Crippen LogP contribution < -0.4 is 15.4 Å². The molecule has 6 nitrogen and oxygen atoms in total. The molecule has 0 radical (unpaired) electrons. The molecule has 2 rings (SSSR count). The van der Waals surface area contributed by atoms with Gasteiger partial charge in [-0.3, -0.25) is 0 Å². The minimum absolute atomic E-state index is 0.0596. The zero-order valence-electron chi connectivity index (χ0n) is 13.7. The van der Waals surface area contributed by atoms with E-state index in [9.17, 15) is 23.1 Å². The number of aliphatic hydroxyl groups is 1. The molecule has 0 saturated carbocycles. The number of carbonyl (C=O) groups excluding carboxylic acids is 1. The summed E-state index contributed by atoms with van der Waals surface area (Å²) in [5, 5.41) is 14.2. The molecule has 25 heavy (non-hydrogen) atoms. The van der Waals surface area contributed by atoms with Crippen molar-refractivity contribution in [3.05, 3.63) is 24.3 Å². The first kappa shape index (κ1) is 19.3. The average Bonchev–Trinajstić information content (AvgIpc) is 2.55. The number of urea groups is 1. The number of anilines is 1. The van der Waals surface area contributed by atoms with Crippen LogP contribution in [0.5, 0.6) is 5.75 Å². The number of nitrogens with zero attached hydrogens (tertiary/aromatic N) is 1. The molecule has 140 valence electrons. The Morgan fingerprint density at radius 2 is 2.12 bits per heavy atom. The Morgan fingerprint density at radius 3 is 2.84 bits per heavy atom. The lowest BCUT2D eigenvalue weighted by molar-refractivity contribution is -0.274. The van der Waals surface area contributed by atoms with Crippen LogP contribution in [0, 0.1) is 5.92 Å². The van der Waals surface area contributed by atoms with Crippen molar-refractivity contribution in [2.24, 2.45) is 5.92 Å². The molecule has 3 N–H and O–H groups in total. The van der Waals surface area contributed by atoms with E-state index in [4.69, 9.17) is 0 Å². The number of ether oxygens (including phenoxy) is 1. The van der Waals surface area contributed by atoms with Crippen LogP contribution in [0.3, 0.4) is 0 Å². The highest BCUT2D eigenvalue weighted by Crippen LogP contribution is 2.29. The Morgan fingerprint density at radius 1 is 1.36 bits per heavy atom. The highest BCUT2D eigenvalue weighted by Gasteiger charge is 2.32. The quantitative estimate of drug-likeness (QED) is 0.728. The highest BCUT2D eigenvalue weighted by molar-refractivity contribution is 5.90. The molecule has 0 spiro atoms. The van der Waals surface area contributed by atoms with Crippen molar-refractivity contribution in [2.75, 3.05) is 38.1 Å². The summed E-state index contributed by atoms with van der Waals surface area (Å²) in [6.45, 7) is 2.81. The minimum atomic E-state index is -4.83. The lowest BCUT2D eigenvalue weighted by atomic mass is 9.99. The molecule has 1 aromatic rings. The summed E-state index contributed by atoms with van der Waals surface area (Å²) in [5.74, 6) is -0.207. The molecule has 1 fully saturated rings. The number of benzene rings is 1. The third-order valence-electron chi connectivity index (χ3n) is 3.94.